The highest BCUT2D eigenvalue weighted by atomic mass is 32.2. The first kappa shape index (κ1) is 13.1. The second-order valence-corrected chi connectivity index (χ2v) is 5.36. The fourth-order valence-electron chi connectivity index (χ4n) is 1.49. The summed E-state index contributed by atoms with van der Waals surface area (Å²) < 4.78 is 22.6. The number of aliphatic hydroxyl groups is 1. The van der Waals surface area contributed by atoms with E-state index in [2.05, 4.69) is 0 Å². The van der Waals surface area contributed by atoms with Crippen LogP contribution in [0.3, 0.4) is 0 Å². The van der Waals surface area contributed by atoms with Gasteiger partial charge in [0.25, 0.3) is 0 Å². The number of hydrogen-bond donors (Lipinski definition) is 3. The van der Waals surface area contributed by atoms with Gasteiger partial charge in [0.05, 0.1) is 11.5 Å². The van der Waals surface area contributed by atoms with Gasteiger partial charge in [-0.2, -0.15) is 0 Å². The van der Waals surface area contributed by atoms with Crippen molar-refractivity contribution in [2.24, 2.45) is 10.9 Å². The number of sulfonamides is 1. The summed E-state index contributed by atoms with van der Waals surface area (Å²) in [5.74, 6) is 0. The highest BCUT2D eigenvalue weighted by molar-refractivity contribution is 7.89. The molecule has 5 nitrogen and oxygen atoms in total. The van der Waals surface area contributed by atoms with Gasteiger partial charge in [0.1, 0.15) is 0 Å². The van der Waals surface area contributed by atoms with Crippen molar-refractivity contribution in [1.82, 2.24) is 0 Å². The molecule has 0 spiro atoms. The van der Waals surface area contributed by atoms with Crippen LogP contribution in [0.25, 0.3) is 0 Å². The van der Waals surface area contributed by atoms with Crippen molar-refractivity contribution in [3.8, 4) is 0 Å². The zero-order chi connectivity index (χ0) is 12.3. The Hall–Kier alpha value is -0.950. The van der Waals surface area contributed by atoms with Crippen LogP contribution in [0.15, 0.2) is 23.1 Å². The summed E-state index contributed by atoms with van der Waals surface area (Å²) in [6.07, 6.45) is 0.564. The zero-order valence-corrected chi connectivity index (χ0v) is 9.87. The third-order valence-corrected chi connectivity index (χ3v) is 3.16. The highest BCUT2D eigenvalue weighted by Crippen LogP contribution is 2.17. The summed E-state index contributed by atoms with van der Waals surface area (Å²) in [7, 11) is -3.80. The molecule has 0 fully saturated rings. The average Bonchev–Trinajstić information content (AvgIpc) is 2.15. The molecule has 90 valence electrons. The molecule has 16 heavy (non-hydrogen) atoms. The minimum atomic E-state index is -3.80. The number of primary sulfonamides is 1. The van der Waals surface area contributed by atoms with Gasteiger partial charge in [0.2, 0.25) is 10.0 Å². The smallest absolute Gasteiger partial charge is 0.238 e. The molecular weight excluding hydrogens is 228 g/mol. The maximum Gasteiger partial charge on any atom is 0.238 e. The van der Waals surface area contributed by atoms with Crippen LogP contribution in [0.2, 0.25) is 0 Å². The summed E-state index contributed by atoms with van der Waals surface area (Å²) in [4.78, 5) is -0.0341. The molecule has 0 aliphatic heterocycles. The van der Waals surface area contributed by atoms with Crippen molar-refractivity contribution < 1.29 is 13.5 Å². The standard InChI is InChI=1S/C10H16N2O3S/c1-7(11)4-8-2-3-9(6-13)10(5-8)16(12,14)15/h2-3,5,7,13H,4,6,11H2,1H3,(H2,12,14,15). The number of rotatable bonds is 4. The van der Waals surface area contributed by atoms with E-state index in [1.54, 1.807) is 12.1 Å². The van der Waals surface area contributed by atoms with Crippen LogP contribution >= 0.6 is 0 Å². The Balaban J connectivity index is 3.22. The second kappa shape index (κ2) is 4.92. The van der Waals surface area contributed by atoms with Crippen LogP contribution in [0, 0.1) is 0 Å². The van der Waals surface area contributed by atoms with Gasteiger partial charge >= 0.3 is 0 Å². The van der Waals surface area contributed by atoms with Crippen LogP contribution in [-0.4, -0.2) is 19.6 Å². The predicted octanol–water partition coefficient (Wildman–Crippen LogP) is -0.284. The van der Waals surface area contributed by atoms with E-state index < -0.39 is 10.0 Å². The van der Waals surface area contributed by atoms with E-state index in [-0.39, 0.29) is 17.5 Å². The number of benzene rings is 1. The van der Waals surface area contributed by atoms with Crippen molar-refractivity contribution in [2.45, 2.75) is 30.9 Å². The van der Waals surface area contributed by atoms with Crippen molar-refractivity contribution in [3.05, 3.63) is 29.3 Å². The molecule has 1 unspecified atom stereocenters. The molecule has 6 heteroatoms. The van der Waals surface area contributed by atoms with Crippen molar-refractivity contribution in [3.63, 3.8) is 0 Å². The van der Waals surface area contributed by atoms with Gasteiger partial charge in [-0.05, 0) is 30.5 Å². The number of nitrogens with two attached hydrogens (primary N) is 2. The lowest BCUT2D eigenvalue weighted by atomic mass is 10.1. The molecule has 1 aromatic rings. The quantitative estimate of drug-likeness (QED) is 0.677. The Bertz CT molecular complexity index is 469. The lowest BCUT2D eigenvalue weighted by Crippen LogP contribution is -2.19. The molecule has 0 saturated carbocycles. The Morgan fingerprint density at radius 3 is 2.50 bits per heavy atom. The van der Waals surface area contributed by atoms with E-state index >= 15 is 0 Å². The fraction of sp³-hybridized carbons (Fsp3) is 0.400. The largest absolute Gasteiger partial charge is 0.392 e. The summed E-state index contributed by atoms with van der Waals surface area (Å²) in [6, 6.07) is 4.69. The Morgan fingerprint density at radius 1 is 1.44 bits per heavy atom. The first-order valence-electron chi connectivity index (χ1n) is 4.85. The zero-order valence-electron chi connectivity index (χ0n) is 9.05. The second-order valence-electron chi connectivity index (χ2n) is 3.83. The molecule has 0 saturated heterocycles. The maximum absolute atomic E-state index is 11.3. The number of hydrogen-bond acceptors (Lipinski definition) is 4. The molecular formula is C10H16N2O3S. The predicted molar refractivity (Wildman–Crippen MR) is 61.1 cm³/mol. The van der Waals surface area contributed by atoms with Gasteiger partial charge in [0.15, 0.2) is 0 Å². The van der Waals surface area contributed by atoms with E-state index in [0.29, 0.717) is 12.0 Å². The van der Waals surface area contributed by atoms with Crippen LogP contribution < -0.4 is 10.9 Å². The fourth-order valence-corrected chi connectivity index (χ4v) is 2.31. The molecule has 0 bridgehead atoms. The van der Waals surface area contributed by atoms with Crippen molar-refractivity contribution in [2.75, 3.05) is 0 Å². The molecule has 1 rings (SSSR count). The van der Waals surface area contributed by atoms with Crippen LogP contribution in [0.4, 0.5) is 0 Å². The monoisotopic (exact) mass is 244 g/mol. The molecule has 5 N–H and O–H groups in total. The van der Waals surface area contributed by atoms with Gasteiger partial charge < -0.3 is 10.8 Å². The van der Waals surface area contributed by atoms with Crippen molar-refractivity contribution >= 4 is 10.0 Å². The van der Waals surface area contributed by atoms with E-state index in [4.69, 9.17) is 16.0 Å². The summed E-state index contributed by atoms with van der Waals surface area (Å²) in [5.41, 5.74) is 6.71. The summed E-state index contributed by atoms with van der Waals surface area (Å²) >= 11 is 0. The van der Waals surface area contributed by atoms with Crippen LogP contribution in [-0.2, 0) is 23.1 Å². The van der Waals surface area contributed by atoms with Gasteiger partial charge in [0, 0.05) is 6.04 Å². The first-order valence-corrected chi connectivity index (χ1v) is 6.40. The van der Waals surface area contributed by atoms with E-state index in [1.165, 1.54) is 6.07 Å². The Morgan fingerprint density at radius 2 is 2.06 bits per heavy atom. The highest BCUT2D eigenvalue weighted by Gasteiger charge is 2.14. The molecule has 0 aliphatic rings. The van der Waals surface area contributed by atoms with E-state index in [1.807, 2.05) is 6.92 Å². The molecule has 0 heterocycles. The molecule has 0 amide bonds. The average molecular weight is 244 g/mol. The molecule has 0 aliphatic carbocycles. The Labute approximate surface area is 95.1 Å². The molecule has 0 radical (unpaired) electrons. The minimum absolute atomic E-state index is 0.0341. The van der Waals surface area contributed by atoms with Crippen LogP contribution in [0.1, 0.15) is 18.1 Å². The van der Waals surface area contributed by atoms with Gasteiger partial charge in [-0.25, -0.2) is 13.6 Å². The SMILES string of the molecule is CC(N)Cc1ccc(CO)c(S(N)(=O)=O)c1. The third kappa shape index (κ3) is 3.28. The third-order valence-electron chi connectivity index (χ3n) is 2.17. The normalized spacial score (nSPS) is 13.8. The van der Waals surface area contributed by atoms with E-state index in [9.17, 15) is 8.42 Å². The number of aliphatic hydroxyl groups excluding tert-OH is 1. The summed E-state index contributed by atoms with van der Waals surface area (Å²) in [6.45, 7) is 1.47. The lowest BCUT2D eigenvalue weighted by Gasteiger charge is -2.10. The minimum Gasteiger partial charge on any atom is -0.392 e. The van der Waals surface area contributed by atoms with Crippen LogP contribution in [0.5, 0.6) is 0 Å². The molecule has 0 aromatic heterocycles. The molecule has 1 atom stereocenters. The van der Waals surface area contributed by atoms with Gasteiger partial charge in [-0.3, -0.25) is 0 Å². The first-order chi connectivity index (χ1) is 7.34. The van der Waals surface area contributed by atoms with E-state index in [0.717, 1.165) is 5.56 Å². The lowest BCUT2D eigenvalue weighted by molar-refractivity contribution is 0.278. The van der Waals surface area contributed by atoms with Crippen molar-refractivity contribution in [1.29, 1.82) is 0 Å². The van der Waals surface area contributed by atoms with Gasteiger partial charge in [-0.15, -0.1) is 0 Å². The summed E-state index contributed by atoms with van der Waals surface area (Å²) in [5, 5.41) is 14.1. The maximum atomic E-state index is 11.3. The Kier molecular flexibility index (Phi) is 4.03. The topological polar surface area (TPSA) is 106 Å². The molecule has 1 aromatic carbocycles. The van der Waals surface area contributed by atoms with Gasteiger partial charge in [-0.1, -0.05) is 12.1 Å².